The van der Waals surface area contributed by atoms with Gasteiger partial charge in [0.05, 0.1) is 10.6 Å². The Hall–Kier alpha value is -0.940. The van der Waals surface area contributed by atoms with E-state index in [4.69, 9.17) is 11.6 Å². The van der Waals surface area contributed by atoms with E-state index in [1.165, 1.54) is 0 Å². The monoisotopic (exact) mass is 327 g/mol. The highest BCUT2D eigenvalue weighted by Crippen LogP contribution is 2.24. The van der Waals surface area contributed by atoms with E-state index in [-0.39, 0.29) is 5.91 Å². The predicted octanol–water partition coefficient (Wildman–Crippen LogP) is 3.52. The normalized spacial score (nSPS) is 18.6. The first-order valence-corrected chi connectivity index (χ1v) is 8.88. The quantitative estimate of drug-likeness (QED) is 0.898. The first kappa shape index (κ1) is 16.4. The van der Waals surface area contributed by atoms with Gasteiger partial charge in [0.25, 0.3) is 5.91 Å². The van der Waals surface area contributed by atoms with Crippen molar-refractivity contribution < 1.29 is 4.79 Å². The Bertz CT molecular complexity index is 498. The molecule has 1 amide bonds. The van der Waals surface area contributed by atoms with Gasteiger partial charge < -0.3 is 10.2 Å². The summed E-state index contributed by atoms with van der Waals surface area (Å²) >= 11 is 8.15. The number of amides is 1. The molecule has 0 aliphatic carbocycles. The Morgan fingerprint density at radius 1 is 1.57 bits per heavy atom. The van der Waals surface area contributed by atoms with Gasteiger partial charge in [-0.05, 0) is 18.9 Å². The minimum atomic E-state index is 0.0326. The smallest absolute Gasteiger partial charge is 0.255 e. The largest absolute Gasteiger partial charge is 0.369 e. The van der Waals surface area contributed by atoms with Crippen LogP contribution in [0.1, 0.15) is 37.0 Å². The van der Waals surface area contributed by atoms with Gasteiger partial charge in [0.15, 0.2) is 0 Å². The van der Waals surface area contributed by atoms with Crippen LogP contribution in [0.3, 0.4) is 0 Å². The lowest BCUT2D eigenvalue weighted by atomic mass is 10.2. The molecule has 6 heteroatoms. The molecule has 1 atom stereocenters. The van der Waals surface area contributed by atoms with Gasteiger partial charge in [0.1, 0.15) is 5.82 Å². The number of rotatable bonds is 5. The van der Waals surface area contributed by atoms with Crippen molar-refractivity contribution in [3.63, 3.8) is 0 Å². The fourth-order valence-electron chi connectivity index (χ4n) is 2.26. The van der Waals surface area contributed by atoms with Crippen LogP contribution in [0, 0.1) is 0 Å². The molecule has 0 aromatic carbocycles. The van der Waals surface area contributed by atoms with Gasteiger partial charge in [-0.15, -0.1) is 0 Å². The number of halogens is 1. The van der Waals surface area contributed by atoms with Crippen molar-refractivity contribution in [2.24, 2.45) is 0 Å². The number of carbonyl (C=O) groups is 1. The molecule has 4 nitrogen and oxygen atoms in total. The van der Waals surface area contributed by atoms with Crippen molar-refractivity contribution in [3.8, 4) is 0 Å². The van der Waals surface area contributed by atoms with Crippen LogP contribution in [0.4, 0.5) is 5.82 Å². The average molecular weight is 328 g/mol. The number of carbonyl (C=O) groups excluding carboxylic acids is 1. The molecular formula is C15H22ClN3OS. The molecular weight excluding hydrogens is 306 g/mol. The van der Waals surface area contributed by atoms with Gasteiger partial charge in [0, 0.05) is 36.8 Å². The Balaban J connectivity index is 2.07. The summed E-state index contributed by atoms with van der Waals surface area (Å²) < 4.78 is 0. The molecule has 1 saturated heterocycles. The van der Waals surface area contributed by atoms with Crippen LogP contribution in [0.5, 0.6) is 0 Å². The average Bonchev–Trinajstić information content (AvgIpc) is 2.53. The number of hydrogen-bond donors (Lipinski definition) is 1. The zero-order chi connectivity index (χ0) is 15.2. The van der Waals surface area contributed by atoms with E-state index in [0.717, 1.165) is 38.2 Å². The maximum absolute atomic E-state index is 12.5. The summed E-state index contributed by atoms with van der Waals surface area (Å²) in [6.07, 6.45) is 3.71. The van der Waals surface area contributed by atoms with E-state index in [1.54, 1.807) is 12.3 Å². The Morgan fingerprint density at radius 2 is 2.38 bits per heavy atom. The van der Waals surface area contributed by atoms with E-state index in [9.17, 15) is 4.79 Å². The van der Waals surface area contributed by atoms with E-state index < -0.39 is 0 Å². The van der Waals surface area contributed by atoms with Crippen LogP contribution in [0.2, 0.25) is 5.02 Å². The SMILES string of the molecule is CCCNc1ncc(C(=O)N2CCSC(CC)C2)cc1Cl. The fraction of sp³-hybridized carbons (Fsp3) is 0.600. The molecule has 1 aliphatic rings. The maximum Gasteiger partial charge on any atom is 0.255 e. The molecule has 1 fully saturated rings. The third-order valence-electron chi connectivity index (χ3n) is 3.51. The molecule has 2 rings (SSSR count). The maximum atomic E-state index is 12.5. The van der Waals surface area contributed by atoms with Gasteiger partial charge in [-0.3, -0.25) is 4.79 Å². The summed E-state index contributed by atoms with van der Waals surface area (Å²) in [6.45, 7) is 6.68. The lowest BCUT2D eigenvalue weighted by molar-refractivity contribution is 0.0760. The molecule has 21 heavy (non-hydrogen) atoms. The summed E-state index contributed by atoms with van der Waals surface area (Å²) in [5.74, 6) is 1.68. The fourth-order valence-corrected chi connectivity index (χ4v) is 3.68. The number of pyridine rings is 1. The summed E-state index contributed by atoms with van der Waals surface area (Å²) in [7, 11) is 0. The van der Waals surface area contributed by atoms with E-state index in [2.05, 4.69) is 24.1 Å². The van der Waals surface area contributed by atoms with Gasteiger partial charge in [-0.25, -0.2) is 4.98 Å². The molecule has 0 radical (unpaired) electrons. The molecule has 2 heterocycles. The van der Waals surface area contributed by atoms with Crippen LogP contribution in [0.15, 0.2) is 12.3 Å². The zero-order valence-corrected chi connectivity index (χ0v) is 14.1. The van der Waals surface area contributed by atoms with E-state index >= 15 is 0 Å². The highest BCUT2D eigenvalue weighted by atomic mass is 35.5. The molecule has 1 aromatic heterocycles. The summed E-state index contributed by atoms with van der Waals surface area (Å²) in [6, 6.07) is 1.72. The molecule has 1 unspecified atom stereocenters. The minimum absolute atomic E-state index is 0.0326. The third-order valence-corrected chi connectivity index (χ3v) is 5.17. The topological polar surface area (TPSA) is 45.2 Å². The molecule has 1 aliphatic heterocycles. The summed E-state index contributed by atoms with van der Waals surface area (Å²) in [5.41, 5.74) is 0.573. The first-order valence-electron chi connectivity index (χ1n) is 7.46. The van der Waals surface area contributed by atoms with Crippen molar-refractivity contribution in [1.82, 2.24) is 9.88 Å². The lowest BCUT2D eigenvalue weighted by Crippen LogP contribution is -2.41. The minimum Gasteiger partial charge on any atom is -0.369 e. The van der Waals surface area contributed by atoms with Gasteiger partial charge in [-0.1, -0.05) is 25.4 Å². The van der Waals surface area contributed by atoms with Crippen LogP contribution >= 0.6 is 23.4 Å². The number of anilines is 1. The second kappa shape index (κ2) is 7.90. The zero-order valence-electron chi connectivity index (χ0n) is 12.6. The number of hydrogen-bond acceptors (Lipinski definition) is 4. The van der Waals surface area contributed by atoms with Crippen LogP contribution < -0.4 is 5.32 Å². The Labute approximate surface area is 135 Å². The van der Waals surface area contributed by atoms with Gasteiger partial charge >= 0.3 is 0 Å². The number of thioether (sulfide) groups is 1. The summed E-state index contributed by atoms with van der Waals surface area (Å²) in [4.78, 5) is 18.7. The number of aromatic nitrogens is 1. The molecule has 116 valence electrons. The van der Waals surface area contributed by atoms with E-state index in [1.807, 2.05) is 16.7 Å². The van der Waals surface area contributed by atoms with Gasteiger partial charge in [0.2, 0.25) is 0 Å². The molecule has 1 N–H and O–H groups in total. The van der Waals surface area contributed by atoms with Crippen molar-refractivity contribution >= 4 is 35.1 Å². The lowest BCUT2D eigenvalue weighted by Gasteiger charge is -2.32. The first-order chi connectivity index (χ1) is 10.2. The van der Waals surface area contributed by atoms with Crippen molar-refractivity contribution in [3.05, 3.63) is 22.8 Å². The Morgan fingerprint density at radius 3 is 3.05 bits per heavy atom. The summed E-state index contributed by atoms with van der Waals surface area (Å²) in [5, 5.41) is 4.20. The second-order valence-corrected chi connectivity index (χ2v) is 6.95. The molecule has 0 spiro atoms. The molecule has 0 saturated carbocycles. The highest BCUT2D eigenvalue weighted by Gasteiger charge is 2.24. The molecule has 1 aromatic rings. The van der Waals surface area contributed by atoms with Crippen LogP contribution in [-0.2, 0) is 0 Å². The second-order valence-electron chi connectivity index (χ2n) is 5.13. The Kier molecular flexibility index (Phi) is 6.18. The van der Waals surface area contributed by atoms with Crippen molar-refractivity contribution in [2.75, 3.05) is 30.7 Å². The standard InChI is InChI=1S/C15H22ClN3OS/c1-3-5-17-14-13(16)8-11(9-18-14)15(20)19-6-7-21-12(4-2)10-19/h8-9,12H,3-7,10H2,1-2H3,(H,17,18). The number of nitrogens with zero attached hydrogens (tertiary/aromatic N) is 2. The van der Waals surface area contributed by atoms with E-state index in [0.29, 0.717) is 21.7 Å². The van der Waals surface area contributed by atoms with Crippen molar-refractivity contribution in [2.45, 2.75) is 31.9 Å². The van der Waals surface area contributed by atoms with Crippen LogP contribution in [-0.4, -0.2) is 46.4 Å². The van der Waals surface area contributed by atoms with Gasteiger partial charge in [-0.2, -0.15) is 11.8 Å². The third kappa shape index (κ3) is 4.27. The predicted molar refractivity (Wildman–Crippen MR) is 90.5 cm³/mol. The number of nitrogens with one attached hydrogen (secondary N) is 1. The van der Waals surface area contributed by atoms with Crippen molar-refractivity contribution in [1.29, 1.82) is 0 Å². The molecule has 0 bridgehead atoms. The highest BCUT2D eigenvalue weighted by molar-refractivity contribution is 8.00. The van der Waals surface area contributed by atoms with Crippen LogP contribution in [0.25, 0.3) is 0 Å².